The van der Waals surface area contributed by atoms with E-state index in [9.17, 15) is 53.4 Å². The molecule has 0 unspecified atom stereocenters. The first kappa shape index (κ1) is 36.2. The number of carbonyl (C=O) groups excluding carboxylic acids is 6. The van der Waals surface area contributed by atoms with Gasteiger partial charge in [0, 0.05) is 13.0 Å². The van der Waals surface area contributed by atoms with Crippen molar-refractivity contribution in [1.82, 2.24) is 26.2 Å². The van der Waals surface area contributed by atoms with Crippen LogP contribution in [0.15, 0.2) is 0 Å². The SMILES string of the molecule is NC(=O)C[C@H](N)C(=O)N[C@@H](CC(=O)O)C(=O)N[C@@H](CO)C(=O)NCC(=O)N[C@@H](CCC(=O)O)C(=O)N1CCC[C@H]1C(=O)O. The number of carboxylic acids is 3. The number of aliphatic hydroxyl groups excluding tert-OH is 1. The lowest BCUT2D eigenvalue weighted by Gasteiger charge is -2.27. The van der Waals surface area contributed by atoms with Crippen molar-refractivity contribution in [3.05, 3.63) is 0 Å². The largest absolute Gasteiger partial charge is 0.481 e. The summed E-state index contributed by atoms with van der Waals surface area (Å²) in [6.07, 6.45) is -1.97. The van der Waals surface area contributed by atoms with Crippen LogP contribution >= 0.6 is 0 Å². The van der Waals surface area contributed by atoms with E-state index in [-0.39, 0.29) is 19.4 Å². The van der Waals surface area contributed by atoms with Crippen molar-refractivity contribution in [2.75, 3.05) is 19.7 Å². The molecule has 5 atom stereocenters. The van der Waals surface area contributed by atoms with Gasteiger partial charge in [0.05, 0.1) is 32.0 Å². The predicted molar refractivity (Wildman–Crippen MR) is 139 cm³/mol. The van der Waals surface area contributed by atoms with Gasteiger partial charge in [-0.3, -0.25) is 38.4 Å². The fourth-order valence-electron chi connectivity index (χ4n) is 3.99. The summed E-state index contributed by atoms with van der Waals surface area (Å²) in [5.41, 5.74) is 10.4. The molecule has 12 N–H and O–H groups in total. The predicted octanol–water partition coefficient (Wildman–Crippen LogP) is -5.83. The van der Waals surface area contributed by atoms with E-state index in [0.717, 1.165) is 4.90 Å². The van der Waals surface area contributed by atoms with Gasteiger partial charge in [-0.15, -0.1) is 0 Å². The summed E-state index contributed by atoms with van der Waals surface area (Å²) in [6.45, 7) is -1.80. The number of nitrogens with zero attached hydrogens (tertiary/aromatic N) is 1. The fraction of sp³-hybridized carbons (Fsp3) is 0.609. The van der Waals surface area contributed by atoms with Gasteiger partial charge in [0.15, 0.2) is 0 Å². The molecule has 1 aliphatic heterocycles. The van der Waals surface area contributed by atoms with Crippen LogP contribution in [0.2, 0.25) is 0 Å². The topological polar surface area (TPSA) is 338 Å². The van der Waals surface area contributed by atoms with Crippen LogP contribution in [-0.4, -0.2) is 129 Å². The second kappa shape index (κ2) is 17.2. The lowest BCUT2D eigenvalue weighted by molar-refractivity contribution is -0.149. The van der Waals surface area contributed by atoms with Crippen molar-refractivity contribution in [1.29, 1.82) is 0 Å². The monoisotopic (exact) mass is 617 g/mol. The van der Waals surface area contributed by atoms with Crippen molar-refractivity contribution in [2.24, 2.45) is 11.5 Å². The highest BCUT2D eigenvalue weighted by molar-refractivity contribution is 5.97. The molecule has 6 amide bonds. The molecule has 20 heteroatoms. The molecule has 1 fully saturated rings. The number of carbonyl (C=O) groups is 9. The molecule has 0 aromatic carbocycles. The number of rotatable bonds is 18. The normalized spacial score (nSPS) is 17.0. The van der Waals surface area contributed by atoms with Gasteiger partial charge in [0.2, 0.25) is 35.4 Å². The van der Waals surface area contributed by atoms with E-state index in [1.165, 1.54) is 0 Å². The van der Waals surface area contributed by atoms with Crippen molar-refractivity contribution in [3.63, 3.8) is 0 Å². The molecule has 240 valence electrons. The summed E-state index contributed by atoms with van der Waals surface area (Å²) < 4.78 is 0. The molecule has 43 heavy (non-hydrogen) atoms. The molecular formula is C23H35N7O13. The quantitative estimate of drug-likeness (QED) is 0.0685. The third kappa shape index (κ3) is 12.3. The Kier molecular flexibility index (Phi) is 14.5. The summed E-state index contributed by atoms with van der Waals surface area (Å²) in [4.78, 5) is 108. The van der Waals surface area contributed by atoms with Crippen LogP contribution in [0.3, 0.4) is 0 Å². The van der Waals surface area contributed by atoms with Crippen molar-refractivity contribution in [2.45, 2.75) is 68.7 Å². The Morgan fingerprint density at radius 2 is 1.44 bits per heavy atom. The van der Waals surface area contributed by atoms with Crippen molar-refractivity contribution < 1.29 is 63.6 Å². The average molecular weight is 618 g/mol. The highest BCUT2D eigenvalue weighted by Crippen LogP contribution is 2.19. The van der Waals surface area contributed by atoms with Crippen LogP contribution in [0, 0.1) is 0 Å². The maximum Gasteiger partial charge on any atom is 0.326 e. The summed E-state index contributed by atoms with van der Waals surface area (Å²) >= 11 is 0. The molecule has 1 saturated heterocycles. The number of nitrogens with two attached hydrogens (primary N) is 2. The van der Waals surface area contributed by atoms with E-state index in [2.05, 4.69) is 10.6 Å². The number of carboxylic acid groups (broad SMARTS) is 3. The Labute approximate surface area is 243 Å². The number of hydrogen-bond donors (Lipinski definition) is 10. The molecule has 1 aliphatic rings. The van der Waals surface area contributed by atoms with Gasteiger partial charge in [-0.25, -0.2) is 4.79 Å². The van der Waals surface area contributed by atoms with Crippen molar-refractivity contribution in [3.8, 4) is 0 Å². The maximum absolute atomic E-state index is 12.9. The molecule has 20 nitrogen and oxygen atoms in total. The van der Waals surface area contributed by atoms with Crippen LogP contribution in [0.5, 0.6) is 0 Å². The molecule has 1 heterocycles. The third-order valence-corrected chi connectivity index (χ3v) is 6.11. The van der Waals surface area contributed by atoms with Crippen LogP contribution in [0.25, 0.3) is 0 Å². The second-order valence-corrected chi connectivity index (χ2v) is 9.48. The standard InChI is InChI=1S/C23H35N7O13/c24-10(6-15(25)32)19(38)28-12(7-18(36)37)21(40)29-13(9-31)20(39)26-8-16(33)27-11(3-4-17(34)35)22(41)30-5-1-2-14(30)23(42)43/h10-14,31H,1-9,24H2,(H2,25,32)(H,26,39)(H,27,33)(H,28,38)(H,29,40)(H,34,35)(H,36,37)(H,42,43)/t10-,11-,12-,13-,14-/m0/s1. The van der Waals surface area contributed by atoms with Crippen LogP contribution in [0.4, 0.5) is 0 Å². The maximum atomic E-state index is 12.9. The second-order valence-electron chi connectivity index (χ2n) is 9.48. The highest BCUT2D eigenvalue weighted by Gasteiger charge is 2.38. The average Bonchev–Trinajstić information content (AvgIpc) is 3.41. The zero-order valence-electron chi connectivity index (χ0n) is 22.8. The van der Waals surface area contributed by atoms with E-state index >= 15 is 0 Å². The molecule has 0 bridgehead atoms. The van der Waals surface area contributed by atoms with Crippen LogP contribution < -0.4 is 32.7 Å². The van der Waals surface area contributed by atoms with E-state index in [1.54, 1.807) is 0 Å². The first-order valence-corrected chi connectivity index (χ1v) is 12.9. The van der Waals surface area contributed by atoms with Gasteiger partial charge in [-0.2, -0.15) is 0 Å². The molecule has 0 aromatic rings. The minimum atomic E-state index is -1.80. The third-order valence-electron chi connectivity index (χ3n) is 6.11. The Bertz CT molecular complexity index is 1120. The molecule has 0 aliphatic carbocycles. The fourth-order valence-corrected chi connectivity index (χ4v) is 3.99. The number of hydrogen-bond acceptors (Lipinski definition) is 11. The smallest absolute Gasteiger partial charge is 0.326 e. The summed E-state index contributed by atoms with van der Waals surface area (Å²) in [5, 5.41) is 45.3. The number of aliphatic hydroxyl groups is 1. The minimum Gasteiger partial charge on any atom is -0.481 e. The van der Waals surface area contributed by atoms with E-state index in [1.807, 2.05) is 10.6 Å². The molecule has 0 saturated carbocycles. The molecule has 1 rings (SSSR count). The van der Waals surface area contributed by atoms with Crippen LogP contribution in [-0.2, 0) is 43.2 Å². The number of nitrogens with one attached hydrogen (secondary N) is 4. The summed E-state index contributed by atoms with van der Waals surface area (Å²) in [6, 6.07) is -7.65. The van der Waals surface area contributed by atoms with Crippen molar-refractivity contribution >= 4 is 53.4 Å². The number of primary amides is 1. The van der Waals surface area contributed by atoms with Gasteiger partial charge in [-0.1, -0.05) is 0 Å². The number of aliphatic carboxylic acids is 3. The van der Waals surface area contributed by atoms with E-state index in [0.29, 0.717) is 6.42 Å². The lowest BCUT2D eigenvalue weighted by atomic mass is 10.1. The van der Waals surface area contributed by atoms with Gasteiger partial charge >= 0.3 is 17.9 Å². The highest BCUT2D eigenvalue weighted by atomic mass is 16.4. The van der Waals surface area contributed by atoms with E-state index in [4.69, 9.17) is 21.7 Å². The molecule has 0 aromatic heterocycles. The lowest BCUT2D eigenvalue weighted by Crippen LogP contribution is -2.58. The first-order chi connectivity index (χ1) is 20.1. The Balaban J connectivity index is 2.84. The minimum absolute atomic E-state index is 0.0737. The van der Waals surface area contributed by atoms with Gasteiger partial charge in [0.25, 0.3) is 0 Å². The molecule has 0 radical (unpaired) electrons. The Hall–Kier alpha value is -4.85. The summed E-state index contributed by atoms with van der Waals surface area (Å²) in [5.74, 6) is -10.3. The molecular weight excluding hydrogens is 582 g/mol. The first-order valence-electron chi connectivity index (χ1n) is 12.9. The zero-order valence-corrected chi connectivity index (χ0v) is 22.8. The molecule has 0 spiro atoms. The zero-order chi connectivity index (χ0) is 32.9. The number of amides is 6. The Morgan fingerprint density at radius 1 is 0.814 bits per heavy atom. The number of likely N-dealkylation sites (tertiary alicyclic amines) is 1. The van der Waals surface area contributed by atoms with Gasteiger partial charge in [0.1, 0.15) is 24.2 Å². The van der Waals surface area contributed by atoms with Gasteiger partial charge < -0.3 is 58.1 Å². The van der Waals surface area contributed by atoms with E-state index < -0.39 is 116 Å². The van der Waals surface area contributed by atoms with Gasteiger partial charge in [-0.05, 0) is 19.3 Å². The summed E-state index contributed by atoms with van der Waals surface area (Å²) in [7, 11) is 0. The van der Waals surface area contributed by atoms with Crippen LogP contribution in [0.1, 0.15) is 38.5 Å². The Morgan fingerprint density at radius 3 is 1.98 bits per heavy atom.